The second kappa shape index (κ2) is 3.14. The van der Waals surface area contributed by atoms with Gasteiger partial charge < -0.3 is 4.57 Å². The highest BCUT2D eigenvalue weighted by Crippen LogP contribution is 2.25. The van der Waals surface area contributed by atoms with Crippen LogP contribution in [-0.4, -0.2) is 9.49 Å². The van der Waals surface area contributed by atoms with E-state index in [0.717, 1.165) is 4.57 Å². The summed E-state index contributed by atoms with van der Waals surface area (Å²) in [7, 11) is 0. The second-order valence-electron chi connectivity index (χ2n) is 2.76. The monoisotopic (exact) mass is 195 g/mol. The molecule has 4 heteroatoms. The van der Waals surface area contributed by atoms with E-state index in [0.29, 0.717) is 0 Å². The average Bonchev–Trinajstić information content (AvgIpc) is 2.70. The predicted octanol–water partition coefficient (Wildman–Crippen LogP) is 2.57. The van der Waals surface area contributed by atoms with Gasteiger partial charge >= 0.3 is 0 Å². The quantitative estimate of drug-likeness (QED) is 0.546. The Labute approximate surface area is 87.9 Å². The zero-order valence-electron chi connectivity index (χ0n) is 12.1. The van der Waals surface area contributed by atoms with Gasteiger partial charge in [0.05, 0.1) is 15.8 Å². The van der Waals surface area contributed by atoms with Crippen LogP contribution in [0.3, 0.4) is 0 Å². The number of non-ortho nitro benzene ring substituents is 1. The van der Waals surface area contributed by atoms with Crippen molar-refractivity contribution >= 4 is 16.6 Å². The van der Waals surface area contributed by atoms with E-state index in [9.17, 15) is 10.1 Å². The zero-order valence-corrected chi connectivity index (χ0v) is 7.10. The van der Waals surface area contributed by atoms with E-state index in [2.05, 4.69) is 0 Å². The van der Waals surface area contributed by atoms with E-state index in [1.807, 2.05) is 0 Å². The fourth-order valence-corrected chi connectivity index (χ4v) is 1.41. The number of fused-ring (bicyclic) bond motifs is 1. The number of hydrogen-bond donors (Lipinski definition) is 0. The van der Waals surface area contributed by atoms with E-state index >= 15 is 0 Å². The molecule has 1 aromatic carbocycles. The molecule has 4 nitrogen and oxygen atoms in total. The van der Waals surface area contributed by atoms with Crippen molar-refractivity contribution in [3.05, 3.63) is 40.6 Å². The Morgan fingerprint density at radius 3 is 3.21 bits per heavy atom. The van der Waals surface area contributed by atoms with Crippen molar-refractivity contribution in [2.24, 2.45) is 0 Å². The number of nitro benzene ring substituents is 1. The van der Waals surface area contributed by atoms with Gasteiger partial charge in [-0.1, -0.05) is 6.07 Å². The van der Waals surface area contributed by atoms with Gasteiger partial charge in [0.15, 0.2) is 0 Å². The number of aryl methyl sites for hydroxylation is 1. The third-order valence-electron chi connectivity index (χ3n) is 2.03. The molecule has 1 aromatic heterocycles. The lowest BCUT2D eigenvalue weighted by molar-refractivity contribution is -0.383. The minimum absolute atomic E-state index is 0.176. The number of hydrogen-bond acceptors (Lipinski definition) is 2. The third kappa shape index (κ3) is 1.16. The molecule has 0 atom stereocenters. The first-order chi connectivity index (χ1) is 8.66. The Hall–Kier alpha value is -1.84. The molecule has 0 amide bonds. The topological polar surface area (TPSA) is 48.1 Å². The van der Waals surface area contributed by atoms with Gasteiger partial charge in [-0.3, -0.25) is 10.1 Å². The van der Waals surface area contributed by atoms with E-state index in [1.165, 1.54) is 30.5 Å². The van der Waals surface area contributed by atoms with Gasteiger partial charge in [-0.2, -0.15) is 0 Å². The molecular formula is C10H10N2O2. The van der Waals surface area contributed by atoms with Crippen LogP contribution in [0.5, 0.6) is 0 Å². The molecule has 0 fully saturated rings. The van der Waals surface area contributed by atoms with Crippen LogP contribution in [-0.2, 0) is 6.50 Å². The largest absolute Gasteiger partial charge is 0.348 e. The second-order valence-corrected chi connectivity index (χ2v) is 2.76. The molecule has 0 spiro atoms. The third-order valence-corrected chi connectivity index (χ3v) is 2.03. The van der Waals surface area contributed by atoms with Crippen molar-refractivity contribution in [3.63, 3.8) is 0 Å². The highest BCUT2D eigenvalue weighted by Gasteiger charge is 2.12. The van der Waals surface area contributed by atoms with Gasteiger partial charge in [0.25, 0.3) is 5.69 Å². The summed E-state index contributed by atoms with van der Waals surface area (Å²) in [6, 6.07) is 5.48. The fourth-order valence-electron chi connectivity index (χ4n) is 1.41. The summed E-state index contributed by atoms with van der Waals surface area (Å²) < 4.78 is 38.0. The molecule has 72 valence electrons. The molecular weight excluding hydrogens is 180 g/mol. The van der Waals surface area contributed by atoms with Crippen LogP contribution < -0.4 is 0 Å². The molecule has 0 saturated carbocycles. The summed E-state index contributed by atoms with van der Waals surface area (Å²) >= 11 is 0. The van der Waals surface area contributed by atoms with Crippen molar-refractivity contribution in [2.45, 2.75) is 13.3 Å². The summed E-state index contributed by atoms with van der Waals surface area (Å²) in [5.74, 6) is 0. The number of benzene rings is 1. The lowest BCUT2D eigenvalue weighted by Gasteiger charge is -1.99. The molecule has 0 bridgehead atoms. The first kappa shape index (κ1) is 4.59. The fraction of sp³-hybridized carbons (Fsp3) is 0.200. The van der Waals surface area contributed by atoms with Crippen LogP contribution in [0.2, 0.25) is 0 Å². The van der Waals surface area contributed by atoms with Gasteiger partial charge in [-0.15, -0.1) is 0 Å². The summed E-state index contributed by atoms with van der Waals surface area (Å²) in [5.41, 5.74) is -0.00656. The van der Waals surface area contributed by atoms with Crippen LogP contribution in [0.25, 0.3) is 10.9 Å². The molecule has 0 aliphatic heterocycles. The smallest absolute Gasteiger partial charge is 0.278 e. The molecule has 0 N–H and O–H groups in total. The molecule has 0 saturated heterocycles. The molecule has 0 radical (unpaired) electrons. The Bertz CT molecular complexity index is 647. The lowest BCUT2D eigenvalue weighted by Crippen LogP contribution is -1.92. The number of aromatic nitrogens is 1. The summed E-state index contributed by atoms with van der Waals surface area (Å²) in [4.78, 5) is 10.3. The van der Waals surface area contributed by atoms with Gasteiger partial charge in [0.1, 0.15) is 0 Å². The van der Waals surface area contributed by atoms with Crippen molar-refractivity contribution in [2.75, 3.05) is 0 Å². The minimum Gasteiger partial charge on any atom is -0.348 e. The van der Waals surface area contributed by atoms with Gasteiger partial charge in [-0.05, 0) is 19.0 Å². The maximum Gasteiger partial charge on any atom is 0.278 e. The molecule has 14 heavy (non-hydrogen) atoms. The highest BCUT2D eigenvalue weighted by atomic mass is 16.6. The molecule has 2 rings (SSSR count). The lowest BCUT2D eigenvalue weighted by atomic mass is 10.2. The Kier molecular flexibility index (Phi) is 1.03. The Balaban J connectivity index is 2.72. The predicted molar refractivity (Wildman–Crippen MR) is 54.3 cm³/mol. The van der Waals surface area contributed by atoms with E-state index in [1.54, 1.807) is 0 Å². The number of nitrogens with zero attached hydrogens (tertiary/aromatic N) is 2. The SMILES string of the molecule is [2H]C([2H])([2H])C([2H])([2H])n1ccc2c([N+](=O)[O-])cccc21. The summed E-state index contributed by atoms with van der Waals surface area (Å²) in [6.07, 6.45) is 1.21. The minimum atomic E-state index is -2.87. The Morgan fingerprint density at radius 2 is 2.50 bits per heavy atom. The summed E-state index contributed by atoms with van der Waals surface area (Å²) in [6.45, 7) is -5.51. The van der Waals surface area contributed by atoms with Crippen molar-refractivity contribution < 1.29 is 11.8 Å². The number of nitro groups is 1. The summed E-state index contributed by atoms with van der Waals surface area (Å²) in [5, 5.41) is 11.1. The zero-order chi connectivity index (χ0) is 14.4. The van der Waals surface area contributed by atoms with Crippen LogP contribution >= 0.6 is 0 Å². The van der Waals surface area contributed by atoms with E-state index < -0.39 is 18.3 Å². The highest BCUT2D eigenvalue weighted by molar-refractivity contribution is 5.89. The van der Waals surface area contributed by atoms with E-state index in [4.69, 9.17) is 6.85 Å². The maximum atomic E-state index is 10.9. The first-order valence-electron chi connectivity index (χ1n) is 6.41. The van der Waals surface area contributed by atoms with Crippen LogP contribution in [0.1, 0.15) is 13.7 Å². The normalized spacial score (nSPS) is 17.9. The average molecular weight is 195 g/mol. The molecule has 0 aliphatic rings. The molecule has 0 unspecified atom stereocenters. The molecule has 1 heterocycles. The standard InChI is InChI=1S/C10H10N2O2/c1-2-11-7-6-8-9(11)4-3-5-10(8)12(13)14/h3-7H,2H2,1H3/i1D3,2D2. The van der Waals surface area contributed by atoms with Gasteiger partial charge in [0, 0.05) is 25.6 Å². The van der Waals surface area contributed by atoms with Crippen LogP contribution in [0.15, 0.2) is 30.5 Å². The van der Waals surface area contributed by atoms with Gasteiger partial charge in [-0.25, -0.2) is 0 Å². The van der Waals surface area contributed by atoms with E-state index in [-0.39, 0.29) is 16.6 Å². The van der Waals surface area contributed by atoms with Gasteiger partial charge in [0.2, 0.25) is 0 Å². The maximum absolute atomic E-state index is 10.9. The Morgan fingerprint density at radius 1 is 1.64 bits per heavy atom. The van der Waals surface area contributed by atoms with Crippen LogP contribution in [0.4, 0.5) is 5.69 Å². The number of rotatable bonds is 2. The van der Waals surface area contributed by atoms with Crippen LogP contribution in [0, 0.1) is 10.1 Å². The molecule has 2 aromatic rings. The van der Waals surface area contributed by atoms with Crippen molar-refractivity contribution in [3.8, 4) is 0 Å². The molecule has 0 aliphatic carbocycles. The van der Waals surface area contributed by atoms with Crippen molar-refractivity contribution in [1.82, 2.24) is 4.57 Å². The van der Waals surface area contributed by atoms with Crippen molar-refractivity contribution in [1.29, 1.82) is 0 Å². The first-order valence-corrected chi connectivity index (χ1v) is 3.91.